The highest BCUT2D eigenvalue weighted by molar-refractivity contribution is 5.70. The third-order valence-electron chi connectivity index (χ3n) is 3.28. The smallest absolute Gasteiger partial charge is 0.121 e. The van der Waals surface area contributed by atoms with Gasteiger partial charge in [0.1, 0.15) is 5.75 Å². The molecule has 0 saturated carbocycles. The van der Waals surface area contributed by atoms with Crippen LogP contribution >= 0.6 is 0 Å². The van der Waals surface area contributed by atoms with Gasteiger partial charge in [0, 0.05) is 24.8 Å². The van der Waals surface area contributed by atoms with Crippen molar-refractivity contribution in [1.82, 2.24) is 9.78 Å². The Morgan fingerprint density at radius 3 is 2.61 bits per heavy atom. The van der Waals surface area contributed by atoms with Crippen LogP contribution in [0.15, 0.2) is 18.2 Å². The molecular weight excluding hydrogens is 226 g/mol. The Morgan fingerprint density at radius 2 is 2.06 bits per heavy atom. The second kappa shape index (κ2) is 4.82. The molecule has 0 radical (unpaired) electrons. The Balaban J connectivity index is 2.58. The third-order valence-corrected chi connectivity index (χ3v) is 3.28. The quantitative estimate of drug-likeness (QED) is 0.901. The van der Waals surface area contributed by atoms with Gasteiger partial charge < -0.3 is 10.5 Å². The molecule has 18 heavy (non-hydrogen) atoms. The standard InChI is InChI=1S/C14H19N3O/c1-9-7-11(5-6-13(9)18-4)14-10(2)17(3)16-12(14)8-15/h5-7H,8,15H2,1-4H3. The normalized spacial score (nSPS) is 10.7. The van der Waals surface area contributed by atoms with Gasteiger partial charge in [-0.15, -0.1) is 0 Å². The minimum atomic E-state index is 0.447. The highest BCUT2D eigenvalue weighted by atomic mass is 16.5. The molecule has 0 atom stereocenters. The van der Waals surface area contributed by atoms with Crippen LogP contribution in [0.1, 0.15) is 17.0 Å². The van der Waals surface area contributed by atoms with E-state index in [1.165, 1.54) is 0 Å². The molecule has 0 aliphatic carbocycles. The molecule has 0 aliphatic heterocycles. The zero-order valence-corrected chi connectivity index (χ0v) is 11.3. The van der Waals surface area contributed by atoms with E-state index in [-0.39, 0.29) is 0 Å². The lowest BCUT2D eigenvalue weighted by atomic mass is 10.0. The summed E-state index contributed by atoms with van der Waals surface area (Å²) in [4.78, 5) is 0. The predicted molar refractivity (Wildman–Crippen MR) is 72.6 cm³/mol. The SMILES string of the molecule is COc1ccc(-c2c(CN)nn(C)c2C)cc1C. The number of ether oxygens (including phenoxy) is 1. The summed E-state index contributed by atoms with van der Waals surface area (Å²) >= 11 is 0. The summed E-state index contributed by atoms with van der Waals surface area (Å²) in [6.07, 6.45) is 0. The van der Waals surface area contributed by atoms with Crippen LogP contribution in [0.4, 0.5) is 0 Å². The monoisotopic (exact) mass is 245 g/mol. The maximum atomic E-state index is 5.76. The topological polar surface area (TPSA) is 53.1 Å². The molecule has 96 valence electrons. The van der Waals surface area contributed by atoms with Gasteiger partial charge in [-0.1, -0.05) is 6.07 Å². The van der Waals surface area contributed by atoms with Crippen molar-refractivity contribution in [1.29, 1.82) is 0 Å². The second-order valence-electron chi connectivity index (χ2n) is 4.42. The van der Waals surface area contributed by atoms with Gasteiger partial charge in [-0.25, -0.2) is 0 Å². The average Bonchev–Trinajstić information content (AvgIpc) is 2.65. The van der Waals surface area contributed by atoms with Crippen molar-refractivity contribution in [2.75, 3.05) is 7.11 Å². The van der Waals surface area contributed by atoms with Crippen molar-refractivity contribution in [2.24, 2.45) is 12.8 Å². The molecule has 4 nitrogen and oxygen atoms in total. The zero-order valence-electron chi connectivity index (χ0n) is 11.3. The number of benzene rings is 1. The van der Waals surface area contributed by atoms with Crippen LogP contribution in [-0.2, 0) is 13.6 Å². The number of aromatic nitrogens is 2. The lowest BCUT2D eigenvalue weighted by Gasteiger charge is -2.08. The van der Waals surface area contributed by atoms with Crippen molar-refractivity contribution >= 4 is 0 Å². The lowest BCUT2D eigenvalue weighted by molar-refractivity contribution is 0.412. The first-order valence-corrected chi connectivity index (χ1v) is 5.96. The Morgan fingerprint density at radius 1 is 1.33 bits per heavy atom. The first-order chi connectivity index (χ1) is 8.58. The molecule has 0 unspecified atom stereocenters. The molecule has 2 N–H and O–H groups in total. The number of aryl methyl sites for hydroxylation is 2. The number of methoxy groups -OCH3 is 1. The molecule has 2 aromatic rings. The maximum absolute atomic E-state index is 5.76. The Hall–Kier alpha value is -1.81. The highest BCUT2D eigenvalue weighted by Gasteiger charge is 2.14. The van der Waals surface area contributed by atoms with Gasteiger partial charge in [-0.2, -0.15) is 5.10 Å². The van der Waals surface area contributed by atoms with E-state index in [1.807, 2.05) is 24.7 Å². The molecule has 0 bridgehead atoms. The van der Waals surface area contributed by atoms with Crippen molar-refractivity contribution in [3.8, 4) is 16.9 Å². The maximum Gasteiger partial charge on any atom is 0.121 e. The van der Waals surface area contributed by atoms with Gasteiger partial charge in [0.15, 0.2) is 0 Å². The molecule has 1 heterocycles. The van der Waals surface area contributed by atoms with Gasteiger partial charge in [-0.05, 0) is 37.1 Å². The fourth-order valence-corrected chi connectivity index (χ4v) is 2.23. The van der Waals surface area contributed by atoms with E-state index in [4.69, 9.17) is 10.5 Å². The largest absolute Gasteiger partial charge is 0.496 e. The third kappa shape index (κ3) is 1.99. The number of rotatable bonds is 3. The van der Waals surface area contributed by atoms with E-state index < -0.39 is 0 Å². The number of nitrogens with two attached hydrogens (primary N) is 1. The second-order valence-corrected chi connectivity index (χ2v) is 4.42. The minimum absolute atomic E-state index is 0.447. The van der Waals surface area contributed by atoms with E-state index >= 15 is 0 Å². The number of nitrogens with zero attached hydrogens (tertiary/aromatic N) is 2. The minimum Gasteiger partial charge on any atom is -0.496 e. The summed E-state index contributed by atoms with van der Waals surface area (Å²) in [5, 5.41) is 4.44. The van der Waals surface area contributed by atoms with Crippen LogP contribution in [0, 0.1) is 13.8 Å². The van der Waals surface area contributed by atoms with E-state index in [0.29, 0.717) is 6.54 Å². The Kier molecular flexibility index (Phi) is 3.39. The Bertz CT molecular complexity index is 573. The predicted octanol–water partition coefficient (Wildman–Crippen LogP) is 2.17. The first kappa shape index (κ1) is 12.6. The molecular formula is C14H19N3O. The van der Waals surface area contributed by atoms with Gasteiger partial charge in [0.05, 0.1) is 12.8 Å². The summed E-state index contributed by atoms with van der Waals surface area (Å²) < 4.78 is 7.15. The van der Waals surface area contributed by atoms with E-state index in [0.717, 1.165) is 33.8 Å². The van der Waals surface area contributed by atoms with Gasteiger partial charge in [0.2, 0.25) is 0 Å². The summed E-state index contributed by atoms with van der Waals surface area (Å²) in [5.41, 5.74) is 11.2. The summed E-state index contributed by atoms with van der Waals surface area (Å²) in [6, 6.07) is 6.15. The number of hydrogen-bond donors (Lipinski definition) is 1. The fourth-order valence-electron chi connectivity index (χ4n) is 2.23. The van der Waals surface area contributed by atoms with E-state index in [9.17, 15) is 0 Å². The van der Waals surface area contributed by atoms with Crippen LogP contribution < -0.4 is 10.5 Å². The summed E-state index contributed by atoms with van der Waals surface area (Å²) in [7, 11) is 3.62. The molecule has 1 aromatic heterocycles. The lowest BCUT2D eigenvalue weighted by Crippen LogP contribution is -2.00. The molecule has 0 saturated heterocycles. The molecule has 1 aromatic carbocycles. The van der Waals surface area contributed by atoms with Crippen molar-refractivity contribution < 1.29 is 4.74 Å². The average molecular weight is 245 g/mol. The fraction of sp³-hybridized carbons (Fsp3) is 0.357. The van der Waals surface area contributed by atoms with Crippen molar-refractivity contribution in [3.05, 3.63) is 35.2 Å². The van der Waals surface area contributed by atoms with Crippen LogP contribution in [0.3, 0.4) is 0 Å². The Labute approximate surface area is 107 Å². The highest BCUT2D eigenvalue weighted by Crippen LogP contribution is 2.30. The van der Waals surface area contributed by atoms with Crippen molar-refractivity contribution in [3.63, 3.8) is 0 Å². The first-order valence-electron chi connectivity index (χ1n) is 5.96. The molecule has 0 spiro atoms. The van der Waals surface area contributed by atoms with Gasteiger partial charge in [-0.3, -0.25) is 4.68 Å². The summed E-state index contributed by atoms with van der Waals surface area (Å²) in [5.74, 6) is 0.898. The molecule has 0 aliphatic rings. The molecule has 0 fully saturated rings. The van der Waals surface area contributed by atoms with Crippen LogP contribution in [0.5, 0.6) is 5.75 Å². The van der Waals surface area contributed by atoms with Crippen LogP contribution in [0.25, 0.3) is 11.1 Å². The molecule has 4 heteroatoms. The van der Waals surface area contributed by atoms with E-state index in [1.54, 1.807) is 7.11 Å². The van der Waals surface area contributed by atoms with Crippen molar-refractivity contribution in [2.45, 2.75) is 20.4 Å². The molecule has 2 rings (SSSR count). The van der Waals surface area contributed by atoms with Gasteiger partial charge >= 0.3 is 0 Å². The van der Waals surface area contributed by atoms with Gasteiger partial charge in [0.25, 0.3) is 0 Å². The number of hydrogen-bond acceptors (Lipinski definition) is 3. The summed E-state index contributed by atoms with van der Waals surface area (Å²) in [6.45, 7) is 4.54. The van der Waals surface area contributed by atoms with Crippen LogP contribution in [-0.4, -0.2) is 16.9 Å². The van der Waals surface area contributed by atoms with Crippen LogP contribution in [0.2, 0.25) is 0 Å². The van der Waals surface area contributed by atoms with E-state index in [2.05, 4.69) is 24.2 Å². The molecule has 0 amide bonds. The zero-order chi connectivity index (χ0) is 13.3.